The highest BCUT2D eigenvalue weighted by Crippen LogP contribution is 2.18. The summed E-state index contributed by atoms with van der Waals surface area (Å²) in [6.45, 7) is 2.08. The Bertz CT molecular complexity index is 266. The van der Waals surface area contributed by atoms with Crippen LogP contribution in [0.15, 0.2) is 0 Å². The molecule has 1 fully saturated rings. The van der Waals surface area contributed by atoms with Crippen LogP contribution in [0.25, 0.3) is 0 Å². The SMILES string of the molecule is CCNS(=O)(=O)N[C@@H]1CCCC[C@H]1O. The summed E-state index contributed by atoms with van der Waals surface area (Å²) in [5.41, 5.74) is 0. The summed E-state index contributed by atoms with van der Waals surface area (Å²) in [4.78, 5) is 0. The van der Waals surface area contributed by atoms with Gasteiger partial charge in [-0.2, -0.15) is 13.1 Å². The van der Waals surface area contributed by atoms with Gasteiger partial charge in [0.2, 0.25) is 0 Å². The van der Waals surface area contributed by atoms with Gasteiger partial charge in [0.05, 0.1) is 6.10 Å². The molecule has 3 N–H and O–H groups in total. The number of nitrogens with one attached hydrogen (secondary N) is 2. The lowest BCUT2D eigenvalue weighted by Gasteiger charge is -2.27. The van der Waals surface area contributed by atoms with Crippen molar-refractivity contribution in [2.75, 3.05) is 6.54 Å². The Kier molecular flexibility index (Phi) is 4.31. The molecule has 0 aliphatic heterocycles. The molecule has 84 valence electrons. The maximum absolute atomic E-state index is 11.3. The monoisotopic (exact) mass is 222 g/mol. The third-order valence-electron chi connectivity index (χ3n) is 2.37. The van der Waals surface area contributed by atoms with Gasteiger partial charge < -0.3 is 5.11 Å². The Labute approximate surface area is 85.1 Å². The lowest BCUT2D eigenvalue weighted by Crippen LogP contribution is -2.49. The van der Waals surface area contributed by atoms with Crippen molar-refractivity contribution in [1.29, 1.82) is 0 Å². The normalized spacial score (nSPS) is 29.0. The number of rotatable bonds is 4. The molecule has 1 saturated carbocycles. The van der Waals surface area contributed by atoms with E-state index >= 15 is 0 Å². The van der Waals surface area contributed by atoms with Gasteiger partial charge in [0, 0.05) is 12.6 Å². The van der Waals surface area contributed by atoms with Crippen molar-refractivity contribution in [3.63, 3.8) is 0 Å². The van der Waals surface area contributed by atoms with Crippen LogP contribution >= 0.6 is 0 Å². The van der Waals surface area contributed by atoms with E-state index in [4.69, 9.17) is 0 Å². The van der Waals surface area contributed by atoms with E-state index in [9.17, 15) is 13.5 Å². The minimum absolute atomic E-state index is 0.326. The van der Waals surface area contributed by atoms with Crippen LogP contribution < -0.4 is 9.44 Å². The number of aliphatic hydroxyl groups excluding tert-OH is 1. The van der Waals surface area contributed by atoms with Crippen LogP contribution in [0.5, 0.6) is 0 Å². The molecule has 0 heterocycles. The highest BCUT2D eigenvalue weighted by atomic mass is 32.2. The van der Waals surface area contributed by atoms with E-state index in [2.05, 4.69) is 9.44 Å². The van der Waals surface area contributed by atoms with E-state index in [-0.39, 0.29) is 6.04 Å². The molecule has 0 bridgehead atoms. The lowest BCUT2D eigenvalue weighted by molar-refractivity contribution is 0.101. The van der Waals surface area contributed by atoms with Gasteiger partial charge in [-0.05, 0) is 12.8 Å². The van der Waals surface area contributed by atoms with Crippen molar-refractivity contribution >= 4 is 10.2 Å². The molecular formula is C8H18N2O3S. The predicted octanol–water partition coefficient (Wildman–Crippen LogP) is -0.266. The van der Waals surface area contributed by atoms with E-state index in [1.807, 2.05) is 0 Å². The highest BCUT2D eigenvalue weighted by molar-refractivity contribution is 7.87. The zero-order valence-corrected chi connectivity index (χ0v) is 9.18. The number of hydrogen-bond acceptors (Lipinski definition) is 3. The van der Waals surface area contributed by atoms with Gasteiger partial charge in [-0.25, -0.2) is 4.72 Å². The van der Waals surface area contributed by atoms with Crippen molar-refractivity contribution in [3.8, 4) is 0 Å². The van der Waals surface area contributed by atoms with Crippen molar-refractivity contribution in [1.82, 2.24) is 9.44 Å². The van der Waals surface area contributed by atoms with Crippen LogP contribution in [-0.2, 0) is 10.2 Å². The van der Waals surface area contributed by atoms with Gasteiger partial charge in [0.1, 0.15) is 0 Å². The van der Waals surface area contributed by atoms with Crippen molar-refractivity contribution in [2.45, 2.75) is 44.8 Å². The first kappa shape index (κ1) is 11.9. The Morgan fingerprint density at radius 3 is 2.57 bits per heavy atom. The molecule has 1 rings (SSSR count). The van der Waals surface area contributed by atoms with Gasteiger partial charge in [0.15, 0.2) is 0 Å². The van der Waals surface area contributed by atoms with E-state index in [1.54, 1.807) is 6.92 Å². The second kappa shape index (κ2) is 5.06. The summed E-state index contributed by atoms with van der Waals surface area (Å²) in [5.74, 6) is 0. The molecule has 0 radical (unpaired) electrons. The van der Waals surface area contributed by atoms with Crippen LogP contribution in [0.2, 0.25) is 0 Å². The average molecular weight is 222 g/mol. The minimum Gasteiger partial charge on any atom is -0.391 e. The summed E-state index contributed by atoms with van der Waals surface area (Å²) < 4.78 is 27.4. The Morgan fingerprint density at radius 2 is 2.00 bits per heavy atom. The van der Waals surface area contributed by atoms with Crippen LogP contribution in [0.3, 0.4) is 0 Å². The van der Waals surface area contributed by atoms with Gasteiger partial charge >= 0.3 is 0 Å². The van der Waals surface area contributed by atoms with E-state index < -0.39 is 16.3 Å². The fraction of sp³-hybridized carbons (Fsp3) is 1.00. The standard InChI is InChI=1S/C8H18N2O3S/c1-2-9-14(12,13)10-7-5-3-4-6-8(7)11/h7-11H,2-6H2,1H3/t7-,8-/m1/s1. The Morgan fingerprint density at radius 1 is 1.36 bits per heavy atom. The molecule has 2 atom stereocenters. The minimum atomic E-state index is -3.42. The van der Waals surface area contributed by atoms with Crippen molar-refractivity contribution in [2.24, 2.45) is 0 Å². The molecule has 0 unspecified atom stereocenters. The molecular weight excluding hydrogens is 204 g/mol. The summed E-state index contributed by atoms with van der Waals surface area (Å²) in [7, 11) is -3.42. The molecule has 1 aliphatic carbocycles. The van der Waals surface area contributed by atoms with Crippen LogP contribution in [-0.4, -0.2) is 32.2 Å². The third-order valence-corrected chi connectivity index (χ3v) is 3.65. The fourth-order valence-electron chi connectivity index (χ4n) is 1.68. The van der Waals surface area contributed by atoms with Gasteiger partial charge in [0.25, 0.3) is 10.2 Å². The van der Waals surface area contributed by atoms with Gasteiger partial charge in [-0.3, -0.25) is 0 Å². The summed E-state index contributed by atoms with van der Waals surface area (Å²) in [6, 6.07) is -0.326. The largest absolute Gasteiger partial charge is 0.391 e. The molecule has 0 aromatic heterocycles. The topological polar surface area (TPSA) is 78.4 Å². The number of aliphatic hydroxyl groups is 1. The van der Waals surface area contributed by atoms with E-state index in [1.165, 1.54) is 0 Å². The second-order valence-electron chi connectivity index (χ2n) is 3.58. The smallest absolute Gasteiger partial charge is 0.277 e. The molecule has 0 spiro atoms. The zero-order chi connectivity index (χ0) is 10.6. The van der Waals surface area contributed by atoms with Gasteiger partial charge in [-0.1, -0.05) is 19.8 Å². The molecule has 5 nitrogen and oxygen atoms in total. The number of hydrogen-bond donors (Lipinski definition) is 3. The lowest BCUT2D eigenvalue weighted by atomic mass is 9.93. The molecule has 6 heteroatoms. The van der Waals surface area contributed by atoms with E-state index in [0.717, 1.165) is 12.8 Å². The van der Waals surface area contributed by atoms with E-state index in [0.29, 0.717) is 19.4 Å². The average Bonchev–Trinajstić information content (AvgIpc) is 2.08. The first-order valence-corrected chi connectivity index (χ1v) is 6.48. The van der Waals surface area contributed by atoms with Crippen LogP contribution in [0.1, 0.15) is 32.6 Å². The Balaban J connectivity index is 2.49. The molecule has 0 aromatic rings. The molecule has 0 amide bonds. The van der Waals surface area contributed by atoms with Crippen molar-refractivity contribution < 1.29 is 13.5 Å². The quantitative estimate of drug-likeness (QED) is 0.613. The molecule has 14 heavy (non-hydrogen) atoms. The third kappa shape index (κ3) is 3.53. The fourth-order valence-corrected chi connectivity index (χ4v) is 2.82. The molecule has 0 saturated heterocycles. The first-order chi connectivity index (χ1) is 6.55. The molecule has 0 aromatic carbocycles. The zero-order valence-electron chi connectivity index (χ0n) is 8.36. The second-order valence-corrected chi connectivity index (χ2v) is 5.11. The summed E-state index contributed by atoms with van der Waals surface area (Å²) in [6.07, 6.45) is 2.79. The Hall–Kier alpha value is -0.170. The van der Waals surface area contributed by atoms with Gasteiger partial charge in [-0.15, -0.1) is 0 Å². The maximum Gasteiger partial charge on any atom is 0.277 e. The van der Waals surface area contributed by atoms with Crippen LogP contribution in [0, 0.1) is 0 Å². The predicted molar refractivity (Wildman–Crippen MR) is 54.0 cm³/mol. The van der Waals surface area contributed by atoms with Crippen molar-refractivity contribution in [3.05, 3.63) is 0 Å². The first-order valence-electron chi connectivity index (χ1n) is 5.00. The summed E-state index contributed by atoms with van der Waals surface area (Å²) in [5, 5.41) is 9.55. The van der Waals surface area contributed by atoms with Crippen LogP contribution in [0.4, 0.5) is 0 Å². The molecule has 1 aliphatic rings. The maximum atomic E-state index is 11.3. The highest BCUT2D eigenvalue weighted by Gasteiger charge is 2.26. The summed E-state index contributed by atoms with van der Waals surface area (Å²) >= 11 is 0.